The highest BCUT2D eigenvalue weighted by atomic mass is 16.2. The number of carbonyl (C=O) groups excluding carboxylic acids is 2. The van der Waals surface area contributed by atoms with Crippen molar-refractivity contribution in [3.05, 3.63) is 59.3 Å². The Morgan fingerprint density at radius 1 is 1.03 bits per heavy atom. The summed E-state index contributed by atoms with van der Waals surface area (Å²) in [6.45, 7) is 5.82. The predicted molar refractivity (Wildman–Crippen MR) is 116 cm³/mol. The van der Waals surface area contributed by atoms with Gasteiger partial charge < -0.3 is 20.0 Å². The fraction of sp³-hybridized carbons (Fsp3) is 0.435. The van der Waals surface area contributed by atoms with Crippen LogP contribution in [0.25, 0.3) is 0 Å². The van der Waals surface area contributed by atoms with Gasteiger partial charge in [-0.2, -0.15) is 0 Å². The molecular weight excluding hydrogens is 378 g/mol. The van der Waals surface area contributed by atoms with E-state index in [0.717, 1.165) is 56.1 Å². The van der Waals surface area contributed by atoms with Crippen LogP contribution < -0.4 is 10.2 Å². The Balaban J connectivity index is 1.31. The van der Waals surface area contributed by atoms with E-state index in [0.29, 0.717) is 25.1 Å². The van der Waals surface area contributed by atoms with Gasteiger partial charge in [0.15, 0.2) is 0 Å². The lowest BCUT2D eigenvalue weighted by Gasteiger charge is -2.33. The number of piperazine rings is 1. The van der Waals surface area contributed by atoms with Crippen molar-refractivity contribution in [3.63, 3.8) is 0 Å². The van der Waals surface area contributed by atoms with E-state index in [2.05, 4.69) is 27.1 Å². The zero-order chi connectivity index (χ0) is 20.9. The maximum atomic E-state index is 12.6. The number of likely N-dealkylation sites (N-methyl/N-ethyl adjacent to an activating group) is 1. The first-order chi connectivity index (χ1) is 14.6. The molecule has 1 N–H and O–H groups in total. The molecule has 0 bridgehead atoms. The van der Waals surface area contributed by atoms with E-state index < -0.39 is 0 Å². The topological polar surface area (TPSA) is 68.8 Å². The van der Waals surface area contributed by atoms with Crippen LogP contribution in [0.4, 0.5) is 5.82 Å². The van der Waals surface area contributed by atoms with Crippen molar-refractivity contribution < 1.29 is 9.59 Å². The Hall–Kier alpha value is -2.93. The summed E-state index contributed by atoms with van der Waals surface area (Å²) < 4.78 is 0. The van der Waals surface area contributed by atoms with Crippen LogP contribution in [0.1, 0.15) is 34.3 Å². The lowest BCUT2D eigenvalue weighted by atomic mass is 10.1. The molecule has 7 nitrogen and oxygen atoms in total. The molecule has 2 saturated heterocycles. The maximum Gasteiger partial charge on any atom is 0.251 e. The molecule has 30 heavy (non-hydrogen) atoms. The van der Waals surface area contributed by atoms with Gasteiger partial charge in [-0.1, -0.05) is 24.3 Å². The molecule has 0 spiro atoms. The van der Waals surface area contributed by atoms with Gasteiger partial charge in [-0.15, -0.1) is 0 Å². The first-order valence-corrected chi connectivity index (χ1v) is 10.6. The number of carbonyl (C=O) groups is 2. The van der Waals surface area contributed by atoms with Crippen molar-refractivity contribution in [3.8, 4) is 0 Å². The molecule has 2 aliphatic heterocycles. The number of anilines is 1. The van der Waals surface area contributed by atoms with Crippen molar-refractivity contribution in [2.24, 2.45) is 0 Å². The van der Waals surface area contributed by atoms with Gasteiger partial charge in [-0.05, 0) is 36.7 Å². The highest BCUT2D eigenvalue weighted by Crippen LogP contribution is 2.16. The second-order valence-corrected chi connectivity index (χ2v) is 8.11. The third-order valence-electron chi connectivity index (χ3n) is 5.86. The van der Waals surface area contributed by atoms with Crippen LogP contribution in [0.3, 0.4) is 0 Å². The largest absolute Gasteiger partial charge is 0.354 e. The van der Waals surface area contributed by atoms with Gasteiger partial charge >= 0.3 is 0 Å². The molecule has 0 atom stereocenters. The highest BCUT2D eigenvalue weighted by molar-refractivity contribution is 5.94. The second-order valence-electron chi connectivity index (χ2n) is 8.11. The summed E-state index contributed by atoms with van der Waals surface area (Å²) in [5.74, 6) is 0.996. The van der Waals surface area contributed by atoms with E-state index in [1.807, 2.05) is 35.2 Å². The zero-order valence-corrected chi connectivity index (χ0v) is 17.5. The van der Waals surface area contributed by atoms with Gasteiger partial charge in [-0.25, -0.2) is 4.98 Å². The maximum absolute atomic E-state index is 12.6. The fourth-order valence-electron chi connectivity index (χ4n) is 3.91. The molecule has 4 rings (SSSR count). The average Bonchev–Trinajstić information content (AvgIpc) is 3.18. The average molecular weight is 408 g/mol. The minimum atomic E-state index is -0.0977. The Morgan fingerprint density at radius 2 is 1.77 bits per heavy atom. The molecule has 0 aliphatic carbocycles. The normalized spacial score (nSPS) is 17.4. The number of benzene rings is 1. The number of likely N-dealkylation sites (tertiary alicyclic amines) is 1. The van der Waals surface area contributed by atoms with E-state index in [4.69, 9.17) is 0 Å². The predicted octanol–water partition coefficient (Wildman–Crippen LogP) is 1.89. The molecule has 3 heterocycles. The van der Waals surface area contributed by atoms with E-state index in [1.165, 1.54) is 0 Å². The monoisotopic (exact) mass is 407 g/mol. The van der Waals surface area contributed by atoms with Crippen LogP contribution in [0, 0.1) is 0 Å². The van der Waals surface area contributed by atoms with Gasteiger partial charge in [0.2, 0.25) is 5.91 Å². The quantitative estimate of drug-likeness (QED) is 0.792. The van der Waals surface area contributed by atoms with Gasteiger partial charge in [0.05, 0.1) is 0 Å². The molecule has 0 radical (unpaired) electrons. The number of hydrogen-bond donors (Lipinski definition) is 1. The van der Waals surface area contributed by atoms with Gasteiger partial charge in [0.1, 0.15) is 5.82 Å². The molecular formula is C23H29N5O2. The molecule has 7 heteroatoms. The Morgan fingerprint density at radius 3 is 2.47 bits per heavy atom. The van der Waals surface area contributed by atoms with E-state index >= 15 is 0 Å². The van der Waals surface area contributed by atoms with Crippen LogP contribution >= 0.6 is 0 Å². The number of hydrogen-bond acceptors (Lipinski definition) is 5. The number of pyridine rings is 1. The molecule has 2 amide bonds. The van der Waals surface area contributed by atoms with Gasteiger partial charge in [0, 0.05) is 64.0 Å². The number of rotatable bonds is 6. The SMILES string of the molecule is CN1CCN(c2cc(C(=O)NCc3ccc(CN4CCCC4=O)cc3)ccn2)CC1. The summed E-state index contributed by atoms with van der Waals surface area (Å²) in [4.78, 5) is 35.3. The van der Waals surface area contributed by atoms with Crippen molar-refractivity contribution >= 4 is 17.6 Å². The third-order valence-corrected chi connectivity index (χ3v) is 5.86. The van der Waals surface area contributed by atoms with Gasteiger partial charge in [0.25, 0.3) is 5.91 Å². The lowest BCUT2D eigenvalue weighted by molar-refractivity contribution is -0.128. The summed E-state index contributed by atoms with van der Waals surface area (Å²) >= 11 is 0. The van der Waals surface area contributed by atoms with Crippen molar-refractivity contribution in [2.75, 3.05) is 44.7 Å². The standard InChI is InChI=1S/C23H29N5O2/c1-26-11-13-27(14-12-26)21-15-20(8-9-24-21)23(30)25-16-18-4-6-19(7-5-18)17-28-10-2-3-22(28)29/h4-9,15H,2-3,10-14,16-17H2,1H3,(H,25,30). The third kappa shape index (κ3) is 4.97. The van der Waals surface area contributed by atoms with Crippen LogP contribution in [0.2, 0.25) is 0 Å². The first kappa shape index (κ1) is 20.3. The van der Waals surface area contributed by atoms with Crippen molar-refractivity contribution in [1.82, 2.24) is 20.1 Å². The van der Waals surface area contributed by atoms with Crippen LogP contribution in [0.15, 0.2) is 42.6 Å². The molecule has 0 saturated carbocycles. The first-order valence-electron chi connectivity index (χ1n) is 10.6. The molecule has 1 aromatic heterocycles. The molecule has 158 valence electrons. The van der Waals surface area contributed by atoms with Crippen molar-refractivity contribution in [1.29, 1.82) is 0 Å². The van der Waals surface area contributed by atoms with E-state index in [1.54, 1.807) is 12.3 Å². The Labute approximate surface area is 177 Å². The minimum absolute atomic E-state index is 0.0977. The minimum Gasteiger partial charge on any atom is -0.354 e. The van der Waals surface area contributed by atoms with Crippen LogP contribution in [-0.2, 0) is 17.9 Å². The van der Waals surface area contributed by atoms with E-state index in [9.17, 15) is 9.59 Å². The number of aromatic nitrogens is 1. The van der Waals surface area contributed by atoms with E-state index in [-0.39, 0.29) is 11.8 Å². The molecule has 1 aromatic carbocycles. The molecule has 2 fully saturated rings. The summed E-state index contributed by atoms with van der Waals surface area (Å²) in [5.41, 5.74) is 2.78. The summed E-state index contributed by atoms with van der Waals surface area (Å²) in [6, 6.07) is 11.7. The zero-order valence-electron chi connectivity index (χ0n) is 17.5. The Bertz CT molecular complexity index is 891. The lowest BCUT2D eigenvalue weighted by Crippen LogP contribution is -2.44. The van der Waals surface area contributed by atoms with Crippen LogP contribution in [-0.4, -0.2) is 66.4 Å². The van der Waals surface area contributed by atoms with Crippen LogP contribution in [0.5, 0.6) is 0 Å². The van der Waals surface area contributed by atoms with Gasteiger partial charge in [-0.3, -0.25) is 9.59 Å². The summed E-state index contributed by atoms with van der Waals surface area (Å²) in [5, 5.41) is 2.99. The number of nitrogens with one attached hydrogen (secondary N) is 1. The smallest absolute Gasteiger partial charge is 0.251 e. The number of amides is 2. The summed E-state index contributed by atoms with van der Waals surface area (Å²) in [6.07, 6.45) is 3.32. The molecule has 2 aromatic rings. The molecule has 0 unspecified atom stereocenters. The fourth-order valence-corrected chi connectivity index (χ4v) is 3.91. The Kier molecular flexibility index (Phi) is 6.28. The molecule has 2 aliphatic rings. The second kappa shape index (κ2) is 9.26. The summed E-state index contributed by atoms with van der Waals surface area (Å²) in [7, 11) is 2.12. The number of nitrogens with zero attached hydrogens (tertiary/aromatic N) is 4. The van der Waals surface area contributed by atoms with Crippen molar-refractivity contribution in [2.45, 2.75) is 25.9 Å². The highest BCUT2D eigenvalue weighted by Gasteiger charge is 2.20.